The van der Waals surface area contributed by atoms with Crippen LogP contribution < -0.4 is 0 Å². The fraction of sp³-hybridized carbons (Fsp3) is 0.968. The van der Waals surface area contributed by atoms with E-state index in [1.807, 2.05) is 0 Å². The van der Waals surface area contributed by atoms with Crippen molar-refractivity contribution in [3.63, 3.8) is 0 Å². The van der Waals surface area contributed by atoms with Crippen LogP contribution in [0.5, 0.6) is 0 Å². The van der Waals surface area contributed by atoms with Gasteiger partial charge in [-0.05, 0) is 25.2 Å². The summed E-state index contributed by atoms with van der Waals surface area (Å²) in [5.41, 5.74) is 0. The van der Waals surface area contributed by atoms with E-state index in [9.17, 15) is 4.79 Å². The molecule has 0 aromatic rings. The van der Waals surface area contributed by atoms with Crippen molar-refractivity contribution in [3.05, 3.63) is 0 Å². The van der Waals surface area contributed by atoms with Gasteiger partial charge in [0.2, 0.25) is 0 Å². The molecule has 0 aliphatic carbocycles. The molecule has 0 bridgehead atoms. The lowest BCUT2D eigenvalue weighted by molar-refractivity contribution is -0.149. The smallest absolute Gasteiger partial charge is 0.308 e. The first-order valence-electron chi connectivity index (χ1n) is 15.3. The van der Waals surface area contributed by atoms with Gasteiger partial charge in [0.15, 0.2) is 0 Å². The number of carbonyl (C=O) groups excluding carboxylic acids is 1. The predicted molar refractivity (Wildman–Crippen MR) is 147 cm³/mol. The second-order valence-electron chi connectivity index (χ2n) is 10.8. The van der Waals surface area contributed by atoms with Crippen LogP contribution in [-0.2, 0) is 9.53 Å². The maximum absolute atomic E-state index is 12.4. The molecule has 0 aromatic heterocycles. The summed E-state index contributed by atoms with van der Waals surface area (Å²) < 4.78 is 5.73. The minimum absolute atomic E-state index is 0.0387. The van der Waals surface area contributed by atoms with Gasteiger partial charge in [0.1, 0.15) is 0 Å². The van der Waals surface area contributed by atoms with Gasteiger partial charge in [-0.25, -0.2) is 0 Å². The van der Waals surface area contributed by atoms with Crippen LogP contribution in [0.3, 0.4) is 0 Å². The molecule has 0 fully saturated rings. The van der Waals surface area contributed by atoms with Crippen molar-refractivity contribution in [1.82, 2.24) is 0 Å². The first-order valence-corrected chi connectivity index (χ1v) is 15.3. The van der Waals surface area contributed by atoms with Gasteiger partial charge in [-0.3, -0.25) is 4.79 Å². The molecule has 0 radical (unpaired) electrons. The number of esters is 1. The normalized spacial score (nSPS) is 13.2. The van der Waals surface area contributed by atoms with Crippen LogP contribution in [-0.4, -0.2) is 12.6 Å². The summed E-state index contributed by atoms with van der Waals surface area (Å²) in [6, 6.07) is 0. The summed E-state index contributed by atoms with van der Waals surface area (Å²) in [6.07, 6.45) is 30.5. The lowest BCUT2D eigenvalue weighted by atomic mass is 9.96. The van der Waals surface area contributed by atoms with Gasteiger partial charge in [-0.15, -0.1) is 0 Å². The van der Waals surface area contributed by atoms with Crippen LogP contribution in [0.15, 0.2) is 0 Å². The summed E-state index contributed by atoms with van der Waals surface area (Å²) >= 11 is 0. The Balaban J connectivity index is 3.60. The standard InChI is InChI=1S/C31H62O2/c1-5-8-10-12-13-14-15-16-17-18-19-20-22-23-26-29(4)31(32)33-28-30(25-7-3)27-24-21-11-9-6-2/h29-30H,5-28H2,1-4H3. The van der Waals surface area contributed by atoms with Crippen molar-refractivity contribution in [2.24, 2.45) is 11.8 Å². The molecule has 0 aliphatic rings. The van der Waals surface area contributed by atoms with Crippen LogP contribution in [0, 0.1) is 11.8 Å². The number of hydrogen-bond donors (Lipinski definition) is 0. The highest BCUT2D eigenvalue weighted by Gasteiger charge is 2.16. The molecule has 33 heavy (non-hydrogen) atoms. The summed E-state index contributed by atoms with van der Waals surface area (Å²) in [6.45, 7) is 9.49. The quantitative estimate of drug-likeness (QED) is 0.0935. The Morgan fingerprint density at radius 3 is 1.33 bits per heavy atom. The van der Waals surface area contributed by atoms with Gasteiger partial charge >= 0.3 is 5.97 Å². The minimum atomic E-state index is 0.0387. The first-order chi connectivity index (χ1) is 16.2. The highest BCUT2D eigenvalue weighted by atomic mass is 16.5. The Hall–Kier alpha value is -0.530. The zero-order valence-electron chi connectivity index (χ0n) is 23.4. The third-order valence-corrected chi connectivity index (χ3v) is 7.27. The molecule has 2 heteroatoms. The molecule has 198 valence electrons. The number of ether oxygens (including phenoxy) is 1. The molecular weight excluding hydrogens is 404 g/mol. The molecule has 0 spiro atoms. The van der Waals surface area contributed by atoms with E-state index in [0.717, 1.165) is 6.42 Å². The van der Waals surface area contributed by atoms with E-state index < -0.39 is 0 Å². The summed E-state index contributed by atoms with van der Waals surface area (Å²) in [7, 11) is 0. The average Bonchev–Trinajstić information content (AvgIpc) is 2.82. The van der Waals surface area contributed by atoms with Gasteiger partial charge < -0.3 is 4.74 Å². The molecule has 0 N–H and O–H groups in total. The lowest BCUT2D eigenvalue weighted by Gasteiger charge is -2.18. The molecule has 0 amide bonds. The summed E-state index contributed by atoms with van der Waals surface area (Å²) in [4.78, 5) is 12.4. The number of rotatable bonds is 26. The van der Waals surface area contributed by atoms with Crippen molar-refractivity contribution >= 4 is 5.97 Å². The van der Waals surface area contributed by atoms with E-state index in [4.69, 9.17) is 4.74 Å². The van der Waals surface area contributed by atoms with Crippen molar-refractivity contribution in [2.75, 3.05) is 6.61 Å². The molecule has 2 nitrogen and oxygen atoms in total. The van der Waals surface area contributed by atoms with Crippen LogP contribution in [0.2, 0.25) is 0 Å². The zero-order chi connectivity index (χ0) is 24.4. The van der Waals surface area contributed by atoms with Gasteiger partial charge in [-0.1, -0.05) is 156 Å². The van der Waals surface area contributed by atoms with Gasteiger partial charge in [0.05, 0.1) is 12.5 Å². The Morgan fingerprint density at radius 1 is 0.515 bits per heavy atom. The fourth-order valence-electron chi connectivity index (χ4n) is 4.86. The largest absolute Gasteiger partial charge is 0.465 e. The topological polar surface area (TPSA) is 26.3 Å². The Labute approximate surface area is 209 Å². The fourth-order valence-corrected chi connectivity index (χ4v) is 4.86. The third-order valence-electron chi connectivity index (χ3n) is 7.27. The second kappa shape index (κ2) is 26.1. The maximum Gasteiger partial charge on any atom is 0.308 e. The zero-order valence-corrected chi connectivity index (χ0v) is 23.4. The van der Waals surface area contributed by atoms with E-state index in [1.54, 1.807) is 0 Å². The molecule has 0 aliphatic heterocycles. The number of carbonyl (C=O) groups is 1. The molecule has 0 saturated carbocycles. The van der Waals surface area contributed by atoms with Gasteiger partial charge in [0.25, 0.3) is 0 Å². The van der Waals surface area contributed by atoms with Crippen molar-refractivity contribution in [1.29, 1.82) is 0 Å². The van der Waals surface area contributed by atoms with Gasteiger partial charge in [-0.2, -0.15) is 0 Å². The summed E-state index contributed by atoms with van der Waals surface area (Å²) in [5, 5.41) is 0. The van der Waals surface area contributed by atoms with E-state index in [0.29, 0.717) is 12.5 Å². The summed E-state index contributed by atoms with van der Waals surface area (Å²) in [5.74, 6) is 0.666. The average molecular weight is 467 g/mol. The Kier molecular flexibility index (Phi) is 25.7. The molecule has 0 heterocycles. The molecular formula is C31H62O2. The molecule has 2 atom stereocenters. The van der Waals surface area contributed by atoms with Gasteiger partial charge in [0, 0.05) is 0 Å². The number of hydrogen-bond acceptors (Lipinski definition) is 2. The van der Waals surface area contributed by atoms with Crippen LogP contribution in [0.25, 0.3) is 0 Å². The lowest BCUT2D eigenvalue weighted by Crippen LogP contribution is -2.19. The van der Waals surface area contributed by atoms with Crippen molar-refractivity contribution in [2.45, 2.75) is 175 Å². The molecule has 2 unspecified atom stereocenters. The van der Waals surface area contributed by atoms with Crippen molar-refractivity contribution in [3.8, 4) is 0 Å². The Morgan fingerprint density at radius 2 is 0.909 bits per heavy atom. The van der Waals surface area contributed by atoms with E-state index in [-0.39, 0.29) is 11.9 Å². The highest BCUT2D eigenvalue weighted by molar-refractivity contribution is 5.71. The van der Waals surface area contributed by atoms with Crippen molar-refractivity contribution < 1.29 is 9.53 Å². The predicted octanol–water partition coefficient (Wildman–Crippen LogP) is 10.8. The first kappa shape index (κ1) is 32.5. The second-order valence-corrected chi connectivity index (χ2v) is 10.8. The monoisotopic (exact) mass is 466 g/mol. The van der Waals surface area contributed by atoms with Crippen LogP contribution in [0.4, 0.5) is 0 Å². The SMILES string of the molecule is CCCCCCCCCCCCCCCCC(C)C(=O)OCC(CCC)CCCCCCC. The molecule has 0 aromatic carbocycles. The maximum atomic E-state index is 12.4. The van der Waals surface area contributed by atoms with Crippen LogP contribution in [0.1, 0.15) is 175 Å². The van der Waals surface area contributed by atoms with E-state index in [1.165, 1.54) is 141 Å². The van der Waals surface area contributed by atoms with E-state index in [2.05, 4.69) is 27.7 Å². The highest BCUT2D eigenvalue weighted by Crippen LogP contribution is 2.19. The Bertz CT molecular complexity index is 392. The third kappa shape index (κ3) is 23.0. The van der Waals surface area contributed by atoms with E-state index >= 15 is 0 Å². The number of unbranched alkanes of at least 4 members (excludes halogenated alkanes) is 17. The minimum Gasteiger partial charge on any atom is -0.465 e. The van der Waals surface area contributed by atoms with Crippen LogP contribution >= 0.6 is 0 Å². The molecule has 0 saturated heterocycles. The molecule has 0 rings (SSSR count).